The van der Waals surface area contributed by atoms with E-state index < -0.39 is 12.4 Å². The molecule has 1 rings (SSSR count). The van der Waals surface area contributed by atoms with Crippen LogP contribution in [0.5, 0.6) is 0 Å². The molecule has 0 radical (unpaired) electrons. The summed E-state index contributed by atoms with van der Waals surface area (Å²) in [5, 5.41) is 16.0. The van der Waals surface area contributed by atoms with Crippen LogP contribution in [0.3, 0.4) is 0 Å². The van der Waals surface area contributed by atoms with Crippen molar-refractivity contribution in [2.45, 2.75) is 6.42 Å². The predicted octanol–water partition coefficient (Wildman–Crippen LogP) is 1.91. The van der Waals surface area contributed by atoms with E-state index in [-0.39, 0.29) is 0 Å². The molecule has 0 atom stereocenters. The SMILES string of the molecule is N#CCC(=O)O.Nc1cccc(Cl)c1. The van der Waals surface area contributed by atoms with Crippen molar-refractivity contribution in [3.63, 3.8) is 0 Å². The Balaban J connectivity index is 0.000000255. The van der Waals surface area contributed by atoms with Crippen molar-refractivity contribution in [2.75, 3.05) is 5.73 Å². The summed E-state index contributed by atoms with van der Waals surface area (Å²) in [6.45, 7) is 0. The molecule has 0 aliphatic carbocycles. The average molecular weight is 213 g/mol. The lowest BCUT2D eigenvalue weighted by Gasteiger charge is -1.89. The van der Waals surface area contributed by atoms with E-state index in [0.717, 1.165) is 0 Å². The number of nitrogen functional groups attached to an aromatic ring is 1. The van der Waals surface area contributed by atoms with Crippen LogP contribution >= 0.6 is 11.6 Å². The van der Waals surface area contributed by atoms with Gasteiger partial charge < -0.3 is 10.8 Å². The van der Waals surface area contributed by atoms with E-state index in [1.54, 1.807) is 18.2 Å². The molecule has 0 saturated carbocycles. The molecule has 5 heteroatoms. The van der Waals surface area contributed by atoms with Gasteiger partial charge in [0.1, 0.15) is 6.42 Å². The Morgan fingerprint density at radius 1 is 1.64 bits per heavy atom. The number of hydrogen-bond acceptors (Lipinski definition) is 3. The number of rotatable bonds is 1. The van der Waals surface area contributed by atoms with Crippen molar-refractivity contribution in [3.05, 3.63) is 29.3 Å². The van der Waals surface area contributed by atoms with Crippen molar-refractivity contribution < 1.29 is 9.90 Å². The lowest BCUT2D eigenvalue weighted by molar-refractivity contribution is -0.135. The van der Waals surface area contributed by atoms with Gasteiger partial charge in [-0.25, -0.2) is 0 Å². The second-order valence-electron chi connectivity index (χ2n) is 2.28. The topological polar surface area (TPSA) is 87.1 Å². The molecule has 74 valence electrons. The molecule has 0 unspecified atom stereocenters. The lowest BCUT2D eigenvalue weighted by atomic mass is 10.3. The summed E-state index contributed by atoms with van der Waals surface area (Å²) >= 11 is 5.56. The van der Waals surface area contributed by atoms with Gasteiger partial charge in [0.25, 0.3) is 0 Å². The number of benzene rings is 1. The summed E-state index contributed by atoms with van der Waals surface area (Å²) in [6.07, 6.45) is -0.403. The van der Waals surface area contributed by atoms with Gasteiger partial charge in [-0.3, -0.25) is 4.79 Å². The van der Waals surface area contributed by atoms with E-state index in [4.69, 9.17) is 27.7 Å². The van der Waals surface area contributed by atoms with Crippen LogP contribution in [0.25, 0.3) is 0 Å². The molecule has 0 amide bonds. The number of nitrogens with zero attached hydrogens (tertiary/aromatic N) is 1. The maximum Gasteiger partial charge on any atom is 0.317 e. The van der Waals surface area contributed by atoms with Crippen LogP contribution in [0.15, 0.2) is 24.3 Å². The molecule has 0 fully saturated rings. The summed E-state index contributed by atoms with van der Waals surface area (Å²) in [5.74, 6) is -1.07. The zero-order valence-corrected chi connectivity index (χ0v) is 8.03. The Kier molecular flexibility index (Phi) is 5.92. The minimum atomic E-state index is -1.07. The van der Waals surface area contributed by atoms with Crippen molar-refractivity contribution in [1.29, 1.82) is 5.26 Å². The summed E-state index contributed by atoms with van der Waals surface area (Å²) in [6, 6.07) is 8.58. The highest BCUT2D eigenvalue weighted by Gasteiger charge is 1.87. The molecule has 0 aliphatic heterocycles. The number of nitrogens with two attached hydrogens (primary N) is 1. The zero-order valence-electron chi connectivity index (χ0n) is 7.27. The highest BCUT2D eigenvalue weighted by molar-refractivity contribution is 6.30. The van der Waals surface area contributed by atoms with Gasteiger partial charge in [-0.05, 0) is 18.2 Å². The van der Waals surface area contributed by atoms with E-state index in [1.165, 1.54) is 6.07 Å². The minimum absolute atomic E-state index is 0.403. The largest absolute Gasteiger partial charge is 0.480 e. The molecule has 0 spiro atoms. The van der Waals surface area contributed by atoms with Gasteiger partial charge in [-0.15, -0.1) is 0 Å². The third kappa shape index (κ3) is 6.95. The zero-order chi connectivity index (χ0) is 11.0. The second-order valence-corrected chi connectivity index (χ2v) is 2.72. The van der Waals surface area contributed by atoms with E-state index in [0.29, 0.717) is 10.7 Å². The molecule has 4 nitrogen and oxygen atoms in total. The number of carbonyl (C=O) groups is 1. The highest BCUT2D eigenvalue weighted by Crippen LogP contribution is 2.10. The van der Waals surface area contributed by atoms with E-state index >= 15 is 0 Å². The van der Waals surface area contributed by atoms with Gasteiger partial charge in [0.05, 0.1) is 6.07 Å². The Morgan fingerprint density at radius 3 is 2.50 bits per heavy atom. The Labute approximate surface area is 86.5 Å². The maximum absolute atomic E-state index is 9.38. The van der Waals surface area contributed by atoms with Crippen LogP contribution in [0.1, 0.15) is 6.42 Å². The van der Waals surface area contributed by atoms with E-state index in [2.05, 4.69) is 0 Å². The molecule has 0 bridgehead atoms. The van der Waals surface area contributed by atoms with Gasteiger partial charge in [0, 0.05) is 10.7 Å². The summed E-state index contributed by atoms with van der Waals surface area (Å²) < 4.78 is 0. The number of aliphatic carboxylic acids is 1. The molecule has 0 aliphatic rings. The van der Waals surface area contributed by atoms with Crippen LogP contribution in [-0.2, 0) is 4.79 Å². The molecule has 1 aromatic rings. The van der Waals surface area contributed by atoms with Crippen LogP contribution in [0, 0.1) is 11.3 Å². The molecule has 14 heavy (non-hydrogen) atoms. The van der Waals surface area contributed by atoms with Crippen molar-refractivity contribution in [2.24, 2.45) is 0 Å². The number of nitriles is 1. The van der Waals surface area contributed by atoms with Gasteiger partial charge in [-0.1, -0.05) is 17.7 Å². The van der Waals surface area contributed by atoms with Crippen molar-refractivity contribution in [3.8, 4) is 6.07 Å². The standard InChI is InChI=1S/C6H6ClN.C3H3NO2/c7-5-2-1-3-6(8)4-5;4-2-1-3(5)6/h1-4H,8H2;1H2,(H,5,6). The fourth-order valence-corrected chi connectivity index (χ4v) is 0.773. The van der Waals surface area contributed by atoms with E-state index in [1.807, 2.05) is 6.07 Å². The molecule has 0 heterocycles. The van der Waals surface area contributed by atoms with Gasteiger partial charge in [0.2, 0.25) is 0 Å². The number of anilines is 1. The number of hydrogen-bond donors (Lipinski definition) is 2. The van der Waals surface area contributed by atoms with Gasteiger partial charge >= 0.3 is 5.97 Å². The first-order chi connectivity index (χ1) is 6.56. The smallest absolute Gasteiger partial charge is 0.317 e. The number of carboxylic acid groups (broad SMARTS) is 1. The van der Waals surface area contributed by atoms with Crippen molar-refractivity contribution in [1.82, 2.24) is 0 Å². The molecule has 1 aromatic carbocycles. The van der Waals surface area contributed by atoms with Gasteiger partial charge in [-0.2, -0.15) is 5.26 Å². The maximum atomic E-state index is 9.38. The fraction of sp³-hybridized carbons (Fsp3) is 0.111. The molecular weight excluding hydrogens is 204 g/mol. The first kappa shape index (κ1) is 12.3. The third-order valence-electron chi connectivity index (χ3n) is 1.08. The summed E-state index contributed by atoms with van der Waals surface area (Å²) in [4.78, 5) is 9.38. The predicted molar refractivity (Wildman–Crippen MR) is 53.7 cm³/mol. The summed E-state index contributed by atoms with van der Waals surface area (Å²) in [5.41, 5.74) is 6.08. The Hall–Kier alpha value is -1.73. The number of halogens is 1. The molecule has 0 aromatic heterocycles. The summed E-state index contributed by atoms with van der Waals surface area (Å²) in [7, 11) is 0. The quantitative estimate of drug-likeness (QED) is 0.696. The normalized spacial score (nSPS) is 8.00. The van der Waals surface area contributed by atoms with Crippen molar-refractivity contribution >= 4 is 23.3 Å². The van der Waals surface area contributed by atoms with Crippen LogP contribution in [0.2, 0.25) is 5.02 Å². The molecule has 0 saturated heterocycles. The fourth-order valence-electron chi connectivity index (χ4n) is 0.574. The van der Waals surface area contributed by atoms with Crippen LogP contribution in [0.4, 0.5) is 5.69 Å². The Bertz CT molecular complexity index is 330. The first-order valence-corrected chi connectivity index (χ1v) is 4.04. The first-order valence-electron chi connectivity index (χ1n) is 3.66. The molecule has 3 N–H and O–H groups in total. The van der Waals surface area contributed by atoms with E-state index in [9.17, 15) is 4.79 Å². The Morgan fingerprint density at radius 2 is 2.29 bits per heavy atom. The molecular formula is C9H9ClN2O2. The second kappa shape index (κ2) is 6.75. The van der Waals surface area contributed by atoms with Gasteiger partial charge in [0.15, 0.2) is 0 Å². The monoisotopic (exact) mass is 212 g/mol. The lowest BCUT2D eigenvalue weighted by Crippen LogP contribution is -1.88. The highest BCUT2D eigenvalue weighted by atomic mass is 35.5. The number of carboxylic acids is 1. The van der Waals surface area contributed by atoms with Crippen LogP contribution in [-0.4, -0.2) is 11.1 Å². The third-order valence-corrected chi connectivity index (χ3v) is 1.31. The average Bonchev–Trinajstić information content (AvgIpc) is 2.03. The minimum Gasteiger partial charge on any atom is -0.480 e. The van der Waals surface area contributed by atoms with Crippen LogP contribution < -0.4 is 5.73 Å².